The Morgan fingerprint density at radius 3 is 2.32 bits per heavy atom. The lowest BCUT2D eigenvalue weighted by Gasteiger charge is -2.62. The van der Waals surface area contributed by atoms with E-state index in [2.05, 4.69) is 20.8 Å². The molecule has 4 saturated carbocycles. The first-order valence-electron chi connectivity index (χ1n) is 11.3. The summed E-state index contributed by atoms with van der Waals surface area (Å²) in [6, 6.07) is 0. The van der Waals surface area contributed by atoms with Gasteiger partial charge in [-0.1, -0.05) is 20.8 Å². The van der Waals surface area contributed by atoms with Gasteiger partial charge in [0.25, 0.3) is 0 Å². The molecule has 0 unspecified atom stereocenters. The van der Waals surface area contributed by atoms with E-state index in [0.29, 0.717) is 41.8 Å². The third-order valence-electron chi connectivity index (χ3n) is 9.86. The fourth-order valence-corrected chi connectivity index (χ4v) is 8.58. The van der Waals surface area contributed by atoms with E-state index in [4.69, 9.17) is 4.74 Å². The third kappa shape index (κ3) is 2.51. The predicted octanol–water partition coefficient (Wildman–Crippen LogP) is 4.74. The van der Waals surface area contributed by atoms with Crippen LogP contribution in [0.2, 0.25) is 0 Å². The van der Waals surface area contributed by atoms with E-state index in [9.17, 15) is 14.4 Å². The predicted molar refractivity (Wildman–Crippen MR) is 106 cm³/mol. The Kier molecular flexibility index (Phi) is 4.60. The molecule has 0 aromatic carbocycles. The van der Waals surface area contributed by atoms with Gasteiger partial charge in [0.05, 0.1) is 0 Å². The van der Waals surface area contributed by atoms with E-state index >= 15 is 0 Å². The monoisotopic (exact) mass is 388 g/mol. The summed E-state index contributed by atoms with van der Waals surface area (Å²) >= 11 is 0. The molecule has 0 spiro atoms. The number of carbonyl (C=O) groups excluding carboxylic acids is 3. The Balaban J connectivity index is 1.70. The molecule has 156 valence electrons. The first-order valence-corrected chi connectivity index (χ1v) is 11.3. The molecule has 4 rings (SSSR count). The number of esters is 1. The maximum Gasteiger partial charge on any atom is 0.303 e. The van der Waals surface area contributed by atoms with E-state index in [1.165, 1.54) is 6.92 Å². The number of carbonyl (C=O) groups is 3. The highest BCUT2D eigenvalue weighted by atomic mass is 16.6. The maximum atomic E-state index is 12.8. The second-order valence-electron chi connectivity index (χ2n) is 10.9. The summed E-state index contributed by atoms with van der Waals surface area (Å²) in [5, 5.41) is 0. The molecule has 0 N–H and O–H groups in total. The van der Waals surface area contributed by atoms with Crippen LogP contribution in [-0.2, 0) is 19.1 Å². The van der Waals surface area contributed by atoms with Crippen molar-refractivity contribution in [1.82, 2.24) is 0 Å². The Morgan fingerprint density at radius 1 is 1.00 bits per heavy atom. The summed E-state index contributed by atoms with van der Waals surface area (Å²) in [5.41, 5.74) is -0.975. The van der Waals surface area contributed by atoms with Crippen LogP contribution in [0.4, 0.5) is 0 Å². The van der Waals surface area contributed by atoms with Gasteiger partial charge in [-0.15, -0.1) is 0 Å². The van der Waals surface area contributed by atoms with Crippen LogP contribution in [0.15, 0.2) is 0 Å². The molecule has 0 amide bonds. The van der Waals surface area contributed by atoms with Crippen LogP contribution in [0.1, 0.15) is 86.0 Å². The smallest absolute Gasteiger partial charge is 0.303 e. The molecular weight excluding hydrogens is 352 g/mol. The number of fused-ring (bicyclic) bond motifs is 5. The van der Waals surface area contributed by atoms with Crippen molar-refractivity contribution in [2.75, 3.05) is 0 Å². The standard InChI is InChI=1S/C24H36O4/c1-14-12-18-19(22(4)9-6-17(27)13-21(14)22)7-10-23(5)20(18)8-11-24(23,15(2)25)28-16(3)26/h14,18-21H,6-13H2,1-5H3/t14-,18+,19-,20-,21-,22+,23-,24+/m0/s1. The molecule has 0 saturated heterocycles. The van der Waals surface area contributed by atoms with Crippen LogP contribution in [-0.4, -0.2) is 23.1 Å². The molecule has 28 heavy (non-hydrogen) atoms. The number of ether oxygens (including phenoxy) is 1. The van der Waals surface area contributed by atoms with E-state index in [1.54, 1.807) is 6.92 Å². The minimum atomic E-state index is -0.946. The van der Waals surface area contributed by atoms with Crippen molar-refractivity contribution in [3.63, 3.8) is 0 Å². The summed E-state index contributed by atoms with van der Waals surface area (Å²) in [5.74, 6) is 2.79. The largest absolute Gasteiger partial charge is 0.451 e. The molecule has 0 aliphatic heterocycles. The van der Waals surface area contributed by atoms with Crippen LogP contribution in [0.3, 0.4) is 0 Å². The molecule has 0 aromatic heterocycles. The summed E-state index contributed by atoms with van der Waals surface area (Å²) in [4.78, 5) is 36.9. The third-order valence-corrected chi connectivity index (χ3v) is 9.86. The molecule has 0 radical (unpaired) electrons. The zero-order valence-corrected chi connectivity index (χ0v) is 18.2. The summed E-state index contributed by atoms with van der Waals surface area (Å²) in [6.07, 6.45) is 7.32. The topological polar surface area (TPSA) is 60.4 Å². The molecular formula is C24H36O4. The fraction of sp³-hybridized carbons (Fsp3) is 0.875. The number of rotatable bonds is 2. The minimum Gasteiger partial charge on any atom is -0.451 e. The zero-order valence-electron chi connectivity index (χ0n) is 18.2. The van der Waals surface area contributed by atoms with E-state index in [0.717, 1.165) is 44.9 Å². The van der Waals surface area contributed by atoms with E-state index in [1.807, 2.05) is 0 Å². The molecule has 4 aliphatic carbocycles. The highest BCUT2D eigenvalue weighted by Gasteiger charge is 2.68. The van der Waals surface area contributed by atoms with Crippen molar-refractivity contribution >= 4 is 17.5 Å². The van der Waals surface area contributed by atoms with Crippen molar-refractivity contribution in [2.24, 2.45) is 40.4 Å². The quantitative estimate of drug-likeness (QED) is 0.641. The van der Waals surface area contributed by atoms with Gasteiger partial charge in [-0.2, -0.15) is 0 Å². The molecule has 8 atom stereocenters. The van der Waals surface area contributed by atoms with Gasteiger partial charge >= 0.3 is 5.97 Å². The number of ketones is 2. The fourth-order valence-electron chi connectivity index (χ4n) is 8.58. The van der Waals surface area contributed by atoms with Crippen LogP contribution < -0.4 is 0 Å². The van der Waals surface area contributed by atoms with Crippen molar-refractivity contribution in [3.8, 4) is 0 Å². The Labute approximate surface area is 169 Å². The Hall–Kier alpha value is -1.19. The van der Waals surface area contributed by atoms with Crippen LogP contribution >= 0.6 is 0 Å². The van der Waals surface area contributed by atoms with Crippen molar-refractivity contribution in [2.45, 2.75) is 91.6 Å². The van der Waals surface area contributed by atoms with Crippen molar-refractivity contribution in [1.29, 1.82) is 0 Å². The van der Waals surface area contributed by atoms with Crippen molar-refractivity contribution in [3.05, 3.63) is 0 Å². The number of hydrogen-bond donors (Lipinski definition) is 0. The molecule has 0 bridgehead atoms. The first kappa shape index (κ1) is 20.1. The van der Waals surface area contributed by atoms with Gasteiger partial charge in [-0.05, 0) is 80.5 Å². The van der Waals surface area contributed by atoms with E-state index in [-0.39, 0.29) is 22.6 Å². The second kappa shape index (κ2) is 6.40. The SMILES string of the molecule is CC(=O)O[C@@]1(C(C)=O)CC[C@H]2[C@@H]3C[C@H](C)[C@@H]4CC(=O)CC[C@]4(C)[C@H]3CC[C@@]21C. The van der Waals surface area contributed by atoms with Gasteiger partial charge in [0.2, 0.25) is 0 Å². The summed E-state index contributed by atoms with van der Waals surface area (Å²) < 4.78 is 5.85. The minimum absolute atomic E-state index is 0.0161. The van der Waals surface area contributed by atoms with Gasteiger partial charge in [-0.25, -0.2) is 0 Å². The van der Waals surface area contributed by atoms with Gasteiger partial charge < -0.3 is 4.74 Å². The summed E-state index contributed by atoms with van der Waals surface area (Å²) in [7, 11) is 0. The molecule has 4 nitrogen and oxygen atoms in total. The van der Waals surface area contributed by atoms with Crippen LogP contribution in [0.25, 0.3) is 0 Å². The highest BCUT2D eigenvalue weighted by molar-refractivity contribution is 5.89. The Morgan fingerprint density at radius 2 is 1.68 bits per heavy atom. The molecule has 4 heteroatoms. The number of hydrogen-bond acceptors (Lipinski definition) is 4. The van der Waals surface area contributed by atoms with Crippen LogP contribution in [0, 0.1) is 40.4 Å². The normalized spacial score (nSPS) is 50.3. The average Bonchev–Trinajstić information content (AvgIpc) is 2.90. The zero-order chi connectivity index (χ0) is 20.5. The van der Waals surface area contributed by atoms with Gasteiger partial charge in [-0.3, -0.25) is 14.4 Å². The first-order chi connectivity index (χ1) is 13.0. The molecule has 0 aromatic rings. The Bertz CT molecular complexity index is 713. The molecule has 4 aliphatic rings. The second-order valence-corrected chi connectivity index (χ2v) is 10.9. The van der Waals surface area contributed by atoms with Gasteiger partial charge in [0.15, 0.2) is 11.4 Å². The van der Waals surface area contributed by atoms with Crippen molar-refractivity contribution < 1.29 is 19.1 Å². The number of Topliss-reactive ketones (excluding diaryl/α,β-unsaturated/α-hetero) is 2. The highest BCUT2D eigenvalue weighted by Crippen LogP contribution is 2.69. The molecule has 4 fully saturated rings. The lowest BCUT2D eigenvalue weighted by Crippen LogP contribution is -2.60. The lowest BCUT2D eigenvalue weighted by molar-refractivity contribution is -0.194. The molecule has 0 heterocycles. The maximum absolute atomic E-state index is 12.8. The lowest BCUT2D eigenvalue weighted by atomic mass is 9.42. The van der Waals surface area contributed by atoms with E-state index < -0.39 is 5.60 Å². The summed E-state index contributed by atoms with van der Waals surface area (Å²) in [6.45, 7) is 10.0. The average molecular weight is 389 g/mol. The van der Waals surface area contributed by atoms with Gasteiger partial charge in [0.1, 0.15) is 5.78 Å². The van der Waals surface area contributed by atoms with Gasteiger partial charge in [0, 0.05) is 25.2 Å². The van der Waals surface area contributed by atoms with Crippen LogP contribution in [0.5, 0.6) is 0 Å².